The minimum absolute atomic E-state index is 0.896. The SMILES string of the molecule is c1ccc(-c2cccc(-n3c4ccccc4c4c5c6ccc7oc8ccccc8c7c6n(-c6ccc7c8c(cccc68)-c6ccccc6-7)c5ccc43)c2)cc1. The summed E-state index contributed by atoms with van der Waals surface area (Å²) < 4.78 is 11.6. The van der Waals surface area contributed by atoms with E-state index in [0.29, 0.717) is 0 Å². The summed E-state index contributed by atoms with van der Waals surface area (Å²) in [7, 11) is 0. The van der Waals surface area contributed by atoms with Crippen LogP contribution in [0.5, 0.6) is 0 Å². The van der Waals surface area contributed by atoms with Crippen molar-refractivity contribution in [2.24, 2.45) is 0 Å². The average molecular weight is 699 g/mol. The van der Waals surface area contributed by atoms with Gasteiger partial charge in [0.25, 0.3) is 0 Å². The Balaban J connectivity index is 1.20. The second-order valence-electron chi connectivity index (χ2n) is 14.8. The van der Waals surface area contributed by atoms with Crippen molar-refractivity contribution >= 4 is 76.3 Å². The van der Waals surface area contributed by atoms with Crippen LogP contribution in [0.2, 0.25) is 0 Å². The molecule has 0 N–H and O–H groups in total. The van der Waals surface area contributed by atoms with Crippen molar-refractivity contribution in [2.75, 3.05) is 0 Å². The predicted molar refractivity (Wildman–Crippen MR) is 230 cm³/mol. The lowest BCUT2D eigenvalue weighted by molar-refractivity contribution is 0.669. The molecule has 0 saturated carbocycles. The second-order valence-corrected chi connectivity index (χ2v) is 14.8. The molecule has 0 fully saturated rings. The molecule has 1 aliphatic carbocycles. The Labute approximate surface area is 315 Å². The summed E-state index contributed by atoms with van der Waals surface area (Å²) in [6.07, 6.45) is 0. The molecule has 3 nitrogen and oxygen atoms in total. The van der Waals surface area contributed by atoms with Gasteiger partial charge in [-0.15, -0.1) is 0 Å². The highest BCUT2D eigenvalue weighted by Gasteiger charge is 2.27. The van der Waals surface area contributed by atoms with Crippen LogP contribution in [-0.4, -0.2) is 9.13 Å². The van der Waals surface area contributed by atoms with Gasteiger partial charge in [0, 0.05) is 38.0 Å². The van der Waals surface area contributed by atoms with Gasteiger partial charge in [0.15, 0.2) is 0 Å². The monoisotopic (exact) mass is 698 g/mol. The van der Waals surface area contributed by atoms with E-state index in [-0.39, 0.29) is 0 Å². The molecule has 0 atom stereocenters. The van der Waals surface area contributed by atoms with Crippen molar-refractivity contribution < 1.29 is 4.42 Å². The van der Waals surface area contributed by atoms with Crippen LogP contribution in [-0.2, 0) is 0 Å². The van der Waals surface area contributed by atoms with Crippen LogP contribution in [0.4, 0.5) is 0 Å². The van der Waals surface area contributed by atoms with Gasteiger partial charge in [0.05, 0.1) is 33.1 Å². The first-order valence-electron chi connectivity index (χ1n) is 18.9. The van der Waals surface area contributed by atoms with E-state index in [1.165, 1.54) is 93.5 Å². The molecule has 0 spiro atoms. The summed E-state index contributed by atoms with van der Waals surface area (Å²) in [5.41, 5.74) is 16.4. The average Bonchev–Trinajstić information content (AvgIpc) is 3.98. The van der Waals surface area contributed by atoms with Gasteiger partial charge in [-0.1, -0.05) is 127 Å². The molecule has 0 aliphatic heterocycles. The summed E-state index contributed by atoms with van der Waals surface area (Å²) in [4.78, 5) is 0. The standard InChI is InChI=1S/C52H30N2O/c1-2-12-31(13-3-1)32-14-10-15-33(30-32)53-42-22-8-6-18-39(42)49-44(53)27-28-45-50(49)41-25-29-47-51(40-19-7-9-23-46(40)55-47)52(41)54(45)43-26-24-37-35-17-5-4-16-34(35)36-20-11-21-38(43)48(36)37/h1-30H. The second kappa shape index (κ2) is 10.6. The van der Waals surface area contributed by atoms with Gasteiger partial charge >= 0.3 is 0 Å². The van der Waals surface area contributed by atoms with Crippen molar-refractivity contribution in [3.05, 3.63) is 182 Å². The van der Waals surface area contributed by atoms with Crippen molar-refractivity contribution in [3.63, 3.8) is 0 Å². The molecule has 254 valence electrons. The smallest absolute Gasteiger partial charge is 0.137 e. The number of hydrogen-bond donors (Lipinski definition) is 0. The molecule has 3 heterocycles. The van der Waals surface area contributed by atoms with Crippen molar-refractivity contribution in [2.45, 2.75) is 0 Å². The number of rotatable bonds is 3. The number of furan rings is 1. The number of fused-ring (bicyclic) bond motifs is 14. The molecule has 12 aromatic rings. The Kier molecular flexibility index (Phi) is 5.63. The number of aromatic nitrogens is 2. The highest BCUT2D eigenvalue weighted by Crippen LogP contribution is 2.51. The quantitative estimate of drug-likeness (QED) is 0.180. The lowest BCUT2D eigenvalue weighted by Crippen LogP contribution is -1.97. The van der Waals surface area contributed by atoms with Crippen LogP contribution in [0, 0.1) is 0 Å². The molecule has 9 aromatic carbocycles. The summed E-state index contributed by atoms with van der Waals surface area (Å²) in [5, 5.41) is 9.79. The van der Waals surface area contributed by atoms with E-state index in [9.17, 15) is 0 Å². The van der Waals surface area contributed by atoms with Crippen LogP contribution in [0.15, 0.2) is 186 Å². The maximum Gasteiger partial charge on any atom is 0.137 e. The molecule has 3 aromatic heterocycles. The topological polar surface area (TPSA) is 23.0 Å². The van der Waals surface area contributed by atoms with Crippen molar-refractivity contribution in [3.8, 4) is 44.8 Å². The molecule has 0 amide bonds. The van der Waals surface area contributed by atoms with Crippen LogP contribution >= 0.6 is 0 Å². The first kappa shape index (κ1) is 29.1. The van der Waals surface area contributed by atoms with Crippen LogP contribution in [0.3, 0.4) is 0 Å². The van der Waals surface area contributed by atoms with Gasteiger partial charge in [-0.05, 0) is 93.4 Å². The third-order valence-corrected chi connectivity index (χ3v) is 12.0. The van der Waals surface area contributed by atoms with Gasteiger partial charge in [0.1, 0.15) is 11.2 Å². The molecule has 13 rings (SSSR count). The Morgan fingerprint density at radius 1 is 0.327 bits per heavy atom. The summed E-state index contributed by atoms with van der Waals surface area (Å²) in [6.45, 7) is 0. The van der Waals surface area contributed by atoms with Gasteiger partial charge < -0.3 is 13.6 Å². The van der Waals surface area contributed by atoms with E-state index in [0.717, 1.165) is 27.6 Å². The number of nitrogens with zero attached hydrogens (tertiary/aromatic N) is 2. The summed E-state index contributed by atoms with van der Waals surface area (Å²) in [5.74, 6) is 0. The van der Waals surface area contributed by atoms with Gasteiger partial charge in [-0.25, -0.2) is 0 Å². The van der Waals surface area contributed by atoms with Crippen LogP contribution in [0.1, 0.15) is 0 Å². The van der Waals surface area contributed by atoms with Gasteiger partial charge in [-0.2, -0.15) is 0 Å². The summed E-state index contributed by atoms with van der Waals surface area (Å²) >= 11 is 0. The number of benzene rings is 9. The lowest BCUT2D eigenvalue weighted by atomic mass is 10.0. The van der Waals surface area contributed by atoms with E-state index in [1.54, 1.807) is 0 Å². The van der Waals surface area contributed by atoms with E-state index < -0.39 is 0 Å². The third kappa shape index (κ3) is 3.79. The molecule has 0 bridgehead atoms. The fourth-order valence-corrected chi connectivity index (χ4v) is 9.83. The zero-order chi connectivity index (χ0) is 35.8. The fraction of sp³-hybridized carbons (Fsp3) is 0. The zero-order valence-electron chi connectivity index (χ0n) is 29.6. The molecule has 0 radical (unpaired) electrons. The Bertz CT molecular complexity index is 3570. The highest BCUT2D eigenvalue weighted by atomic mass is 16.3. The van der Waals surface area contributed by atoms with E-state index in [4.69, 9.17) is 4.42 Å². The Hall–Kier alpha value is -7.36. The maximum atomic E-state index is 6.58. The van der Waals surface area contributed by atoms with Crippen molar-refractivity contribution in [1.29, 1.82) is 0 Å². The maximum absolute atomic E-state index is 6.58. The van der Waals surface area contributed by atoms with Gasteiger partial charge in [0.2, 0.25) is 0 Å². The van der Waals surface area contributed by atoms with Crippen molar-refractivity contribution in [1.82, 2.24) is 9.13 Å². The molecule has 55 heavy (non-hydrogen) atoms. The third-order valence-electron chi connectivity index (χ3n) is 12.0. The van der Waals surface area contributed by atoms with E-state index in [2.05, 4.69) is 191 Å². The molecule has 0 saturated heterocycles. The molecule has 1 aliphatic rings. The first-order chi connectivity index (χ1) is 27.3. The number of para-hydroxylation sites is 2. The molecular weight excluding hydrogens is 669 g/mol. The summed E-state index contributed by atoms with van der Waals surface area (Å²) in [6, 6.07) is 66.4. The zero-order valence-corrected chi connectivity index (χ0v) is 29.6. The van der Waals surface area contributed by atoms with E-state index in [1.807, 2.05) is 0 Å². The molecule has 0 unspecified atom stereocenters. The first-order valence-corrected chi connectivity index (χ1v) is 18.9. The van der Waals surface area contributed by atoms with E-state index >= 15 is 0 Å². The lowest BCUT2D eigenvalue weighted by Gasteiger charge is -2.14. The Morgan fingerprint density at radius 2 is 0.982 bits per heavy atom. The highest BCUT2D eigenvalue weighted by molar-refractivity contribution is 6.33. The number of hydrogen-bond acceptors (Lipinski definition) is 1. The normalized spacial score (nSPS) is 12.4. The molecule has 3 heteroatoms. The molecular formula is C52H30N2O. The predicted octanol–water partition coefficient (Wildman–Crippen LogP) is 14.2. The van der Waals surface area contributed by atoms with Gasteiger partial charge in [-0.3, -0.25) is 0 Å². The van der Waals surface area contributed by atoms with Crippen LogP contribution in [0.25, 0.3) is 121 Å². The minimum Gasteiger partial charge on any atom is -0.456 e. The largest absolute Gasteiger partial charge is 0.456 e. The fourth-order valence-electron chi connectivity index (χ4n) is 9.83. The Morgan fingerprint density at radius 3 is 1.85 bits per heavy atom. The minimum atomic E-state index is 0.896. The van der Waals surface area contributed by atoms with Crippen LogP contribution < -0.4 is 0 Å².